The predicted molar refractivity (Wildman–Crippen MR) is 88.0 cm³/mol. The lowest BCUT2D eigenvalue weighted by molar-refractivity contribution is -0.124. The molecular formula is C16H16N4O2S. The van der Waals surface area contributed by atoms with Crippen LogP contribution in [0.4, 0.5) is 4.79 Å². The summed E-state index contributed by atoms with van der Waals surface area (Å²) in [5, 5.41) is 3.15. The number of aryl methyl sites for hydroxylation is 1. The standard InChI is InChI=1S/C16H16N4O2S/c1-11-9-13(12-5-3-2-4-6-12)19-15(18-11)23-10-14(21)20-8-7-17-16(20)22/h2-6,9H,7-8,10H2,1H3,(H,17,22). The van der Waals surface area contributed by atoms with E-state index in [4.69, 9.17) is 0 Å². The van der Waals surface area contributed by atoms with Crippen LogP contribution in [0.2, 0.25) is 0 Å². The number of nitrogens with zero attached hydrogens (tertiary/aromatic N) is 3. The van der Waals surface area contributed by atoms with Crippen LogP contribution in [0.25, 0.3) is 11.3 Å². The number of imide groups is 1. The number of thioether (sulfide) groups is 1. The van der Waals surface area contributed by atoms with Gasteiger partial charge in [-0.3, -0.25) is 9.69 Å². The topological polar surface area (TPSA) is 75.2 Å². The van der Waals surface area contributed by atoms with Gasteiger partial charge in [0.15, 0.2) is 5.16 Å². The third-order valence-electron chi connectivity index (χ3n) is 3.39. The average molecular weight is 328 g/mol. The minimum Gasteiger partial charge on any atom is -0.336 e. The first-order valence-electron chi connectivity index (χ1n) is 7.25. The highest BCUT2D eigenvalue weighted by atomic mass is 32.2. The Labute approximate surface area is 138 Å². The molecule has 1 saturated heterocycles. The van der Waals surface area contributed by atoms with Gasteiger partial charge in [-0.05, 0) is 13.0 Å². The van der Waals surface area contributed by atoms with E-state index in [0.29, 0.717) is 18.2 Å². The Hall–Kier alpha value is -2.41. The number of rotatable bonds is 4. The van der Waals surface area contributed by atoms with Crippen LogP contribution in [-0.2, 0) is 4.79 Å². The maximum atomic E-state index is 12.1. The number of urea groups is 1. The second-order valence-electron chi connectivity index (χ2n) is 5.11. The van der Waals surface area contributed by atoms with Crippen LogP contribution >= 0.6 is 11.8 Å². The van der Waals surface area contributed by atoms with Crippen molar-refractivity contribution in [1.29, 1.82) is 0 Å². The van der Waals surface area contributed by atoms with Crippen LogP contribution in [0, 0.1) is 6.92 Å². The molecule has 0 radical (unpaired) electrons. The van der Waals surface area contributed by atoms with Crippen molar-refractivity contribution in [2.75, 3.05) is 18.8 Å². The molecular weight excluding hydrogens is 312 g/mol. The fraction of sp³-hybridized carbons (Fsp3) is 0.250. The summed E-state index contributed by atoms with van der Waals surface area (Å²) in [7, 11) is 0. The maximum absolute atomic E-state index is 12.1. The smallest absolute Gasteiger partial charge is 0.324 e. The molecule has 3 rings (SSSR count). The molecule has 7 heteroatoms. The molecule has 1 aliphatic rings. The Kier molecular flexibility index (Phi) is 4.57. The molecule has 0 bridgehead atoms. The zero-order valence-electron chi connectivity index (χ0n) is 12.7. The summed E-state index contributed by atoms with van der Waals surface area (Å²) in [6.45, 7) is 2.82. The van der Waals surface area contributed by atoms with Gasteiger partial charge in [-0.2, -0.15) is 0 Å². The highest BCUT2D eigenvalue weighted by Crippen LogP contribution is 2.21. The largest absolute Gasteiger partial charge is 0.336 e. The van der Waals surface area contributed by atoms with Gasteiger partial charge in [0.25, 0.3) is 0 Å². The molecule has 0 atom stereocenters. The number of benzene rings is 1. The quantitative estimate of drug-likeness (QED) is 0.687. The predicted octanol–water partition coefficient (Wildman–Crippen LogP) is 2.10. The van der Waals surface area contributed by atoms with E-state index in [0.717, 1.165) is 17.0 Å². The Balaban J connectivity index is 1.72. The van der Waals surface area contributed by atoms with Crippen molar-refractivity contribution >= 4 is 23.7 Å². The molecule has 1 fully saturated rings. The first-order valence-corrected chi connectivity index (χ1v) is 8.24. The molecule has 1 aromatic heterocycles. The molecule has 0 spiro atoms. The number of carbonyl (C=O) groups is 2. The minimum absolute atomic E-state index is 0.144. The van der Waals surface area contributed by atoms with Crippen LogP contribution in [0.3, 0.4) is 0 Å². The maximum Gasteiger partial charge on any atom is 0.324 e. The van der Waals surface area contributed by atoms with Crippen LogP contribution in [0.15, 0.2) is 41.6 Å². The summed E-state index contributed by atoms with van der Waals surface area (Å²) in [4.78, 5) is 33.6. The van der Waals surface area contributed by atoms with Crippen molar-refractivity contribution in [2.45, 2.75) is 12.1 Å². The zero-order chi connectivity index (χ0) is 16.2. The van der Waals surface area contributed by atoms with Crippen LogP contribution < -0.4 is 5.32 Å². The fourth-order valence-electron chi connectivity index (χ4n) is 2.28. The summed E-state index contributed by atoms with van der Waals surface area (Å²) in [5.41, 5.74) is 2.67. The number of aromatic nitrogens is 2. The highest BCUT2D eigenvalue weighted by Gasteiger charge is 2.26. The Morgan fingerprint density at radius 1 is 1.30 bits per heavy atom. The van der Waals surface area contributed by atoms with Crippen molar-refractivity contribution in [3.8, 4) is 11.3 Å². The van der Waals surface area contributed by atoms with Gasteiger partial charge < -0.3 is 5.32 Å². The highest BCUT2D eigenvalue weighted by molar-refractivity contribution is 7.99. The van der Waals surface area contributed by atoms with E-state index in [1.807, 2.05) is 43.3 Å². The van der Waals surface area contributed by atoms with Gasteiger partial charge in [0, 0.05) is 24.3 Å². The summed E-state index contributed by atoms with van der Waals surface area (Å²) >= 11 is 1.25. The van der Waals surface area contributed by atoms with E-state index >= 15 is 0 Å². The molecule has 2 aromatic rings. The third kappa shape index (κ3) is 3.68. The van der Waals surface area contributed by atoms with Gasteiger partial charge in [-0.1, -0.05) is 42.1 Å². The van der Waals surface area contributed by atoms with Crippen LogP contribution in [0.1, 0.15) is 5.69 Å². The Morgan fingerprint density at radius 3 is 2.78 bits per heavy atom. The molecule has 6 nitrogen and oxygen atoms in total. The van der Waals surface area contributed by atoms with Gasteiger partial charge in [-0.25, -0.2) is 14.8 Å². The van der Waals surface area contributed by atoms with Crippen molar-refractivity contribution in [3.05, 3.63) is 42.1 Å². The molecule has 1 aliphatic heterocycles. The Bertz CT molecular complexity index is 736. The minimum atomic E-state index is -0.328. The lowest BCUT2D eigenvalue weighted by Crippen LogP contribution is -2.35. The molecule has 1 aromatic carbocycles. The third-order valence-corrected chi connectivity index (χ3v) is 4.22. The molecule has 0 unspecified atom stereocenters. The molecule has 0 saturated carbocycles. The first-order chi connectivity index (χ1) is 11.1. The second-order valence-corrected chi connectivity index (χ2v) is 6.05. The summed E-state index contributed by atoms with van der Waals surface area (Å²) < 4.78 is 0. The monoisotopic (exact) mass is 328 g/mol. The molecule has 3 amide bonds. The lowest BCUT2D eigenvalue weighted by Gasteiger charge is -2.11. The first kappa shape index (κ1) is 15.5. The van der Waals surface area contributed by atoms with Crippen molar-refractivity contribution in [1.82, 2.24) is 20.2 Å². The van der Waals surface area contributed by atoms with Crippen molar-refractivity contribution < 1.29 is 9.59 Å². The average Bonchev–Trinajstić information content (AvgIpc) is 2.99. The lowest BCUT2D eigenvalue weighted by atomic mass is 10.1. The molecule has 23 heavy (non-hydrogen) atoms. The van der Waals surface area contributed by atoms with Crippen LogP contribution in [0.5, 0.6) is 0 Å². The molecule has 2 heterocycles. The van der Waals surface area contributed by atoms with Gasteiger partial charge in [0.05, 0.1) is 11.4 Å². The van der Waals surface area contributed by atoms with E-state index in [2.05, 4.69) is 15.3 Å². The zero-order valence-corrected chi connectivity index (χ0v) is 13.5. The normalized spacial score (nSPS) is 14.0. The number of hydrogen-bond donors (Lipinski definition) is 1. The second kappa shape index (κ2) is 6.78. The van der Waals surface area contributed by atoms with E-state index in [1.165, 1.54) is 16.7 Å². The number of carbonyl (C=O) groups excluding carboxylic acids is 2. The number of amides is 3. The summed E-state index contributed by atoms with van der Waals surface area (Å²) in [5.74, 6) is -0.0816. The SMILES string of the molecule is Cc1cc(-c2ccccc2)nc(SCC(=O)N2CCNC2=O)n1. The van der Waals surface area contributed by atoms with Gasteiger partial charge in [0.2, 0.25) is 5.91 Å². The molecule has 118 valence electrons. The van der Waals surface area contributed by atoms with Crippen LogP contribution in [-0.4, -0.2) is 45.6 Å². The fourth-order valence-corrected chi connectivity index (χ4v) is 3.06. The molecule has 0 aliphatic carbocycles. The van der Waals surface area contributed by atoms with E-state index in [-0.39, 0.29) is 17.7 Å². The van der Waals surface area contributed by atoms with Gasteiger partial charge in [0.1, 0.15) is 0 Å². The van der Waals surface area contributed by atoms with Crippen molar-refractivity contribution in [2.24, 2.45) is 0 Å². The summed E-state index contributed by atoms with van der Waals surface area (Å²) in [6.07, 6.45) is 0. The van der Waals surface area contributed by atoms with E-state index in [1.54, 1.807) is 0 Å². The Morgan fingerprint density at radius 2 is 2.09 bits per heavy atom. The number of nitrogens with one attached hydrogen (secondary N) is 1. The molecule has 1 N–H and O–H groups in total. The van der Waals surface area contributed by atoms with Gasteiger partial charge >= 0.3 is 6.03 Å². The van der Waals surface area contributed by atoms with Gasteiger partial charge in [-0.15, -0.1) is 0 Å². The summed E-state index contributed by atoms with van der Waals surface area (Å²) in [6, 6.07) is 11.4. The van der Waals surface area contributed by atoms with E-state index in [9.17, 15) is 9.59 Å². The van der Waals surface area contributed by atoms with Crippen molar-refractivity contribution in [3.63, 3.8) is 0 Å². The number of hydrogen-bond acceptors (Lipinski definition) is 5. The van der Waals surface area contributed by atoms with E-state index < -0.39 is 0 Å².